The lowest BCUT2D eigenvalue weighted by molar-refractivity contribution is 0.137. The summed E-state index contributed by atoms with van der Waals surface area (Å²) in [4.78, 5) is 4.85. The van der Waals surface area contributed by atoms with E-state index in [1.165, 1.54) is 33.5 Å². The Morgan fingerprint density at radius 1 is 0.844 bits per heavy atom. The van der Waals surface area contributed by atoms with Crippen LogP contribution < -0.4 is 14.5 Å². The predicted molar refractivity (Wildman–Crippen MR) is 131 cm³/mol. The van der Waals surface area contributed by atoms with Gasteiger partial charge in [-0.15, -0.1) is 0 Å². The van der Waals surface area contributed by atoms with E-state index in [9.17, 15) is 4.39 Å². The molecular weight excluding hydrogens is 399 g/mol. The molecule has 0 saturated carbocycles. The number of ether oxygens (including phenoxy) is 1. The molecule has 1 fully saturated rings. The number of fused-ring (bicyclic) bond motifs is 1. The molecule has 2 aliphatic rings. The summed E-state index contributed by atoms with van der Waals surface area (Å²) in [6.07, 6.45) is 0.930. The Morgan fingerprint density at radius 2 is 1.47 bits per heavy atom. The summed E-state index contributed by atoms with van der Waals surface area (Å²) >= 11 is 0. The molecule has 3 aromatic rings. The van der Waals surface area contributed by atoms with Gasteiger partial charge in [-0.1, -0.05) is 29.8 Å². The fourth-order valence-electron chi connectivity index (χ4n) is 5.09. The first-order valence-corrected chi connectivity index (χ1v) is 11.5. The minimum Gasteiger partial charge on any atom is -0.487 e. The Labute approximate surface area is 190 Å². The van der Waals surface area contributed by atoms with Gasteiger partial charge in [0.2, 0.25) is 0 Å². The molecule has 0 bridgehead atoms. The molecule has 0 aromatic heterocycles. The third-order valence-corrected chi connectivity index (χ3v) is 6.72. The number of hydrogen-bond acceptors (Lipinski definition) is 3. The number of benzene rings is 3. The largest absolute Gasteiger partial charge is 0.487 e. The minimum atomic E-state index is -0.186. The summed E-state index contributed by atoms with van der Waals surface area (Å²) in [6, 6.07) is 18.0. The number of hydrogen-bond donors (Lipinski definition) is 0. The van der Waals surface area contributed by atoms with Crippen LogP contribution in [-0.4, -0.2) is 31.8 Å². The third-order valence-electron chi connectivity index (χ3n) is 6.72. The van der Waals surface area contributed by atoms with Crippen molar-refractivity contribution >= 4 is 11.4 Å². The maximum absolute atomic E-state index is 13.3. The highest BCUT2D eigenvalue weighted by Gasteiger charge is 2.34. The third kappa shape index (κ3) is 3.83. The molecule has 3 aromatic carbocycles. The van der Waals surface area contributed by atoms with Gasteiger partial charge in [-0.2, -0.15) is 0 Å². The maximum atomic E-state index is 13.3. The van der Waals surface area contributed by atoms with Crippen molar-refractivity contribution in [1.82, 2.24) is 0 Å². The number of rotatable bonds is 3. The normalized spacial score (nSPS) is 17.3. The highest BCUT2D eigenvalue weighted by Crippen LogP contribution is 2.46. The Morgan fingerprint density at radius 3 is 2.12 bits per heavy atom. The molecule has 0 spiro atoms. The maximum Gasteiger partial charge on any atom is 0.127 e. The molecule has 5 rings (SSSR count). The molecule has 0 radical (unpaired) electrons. The quantitative estimate of drug-likeness (QED) is 0.496. The van der Waals surface area contributed by atoms with Crippen molar-refractivity contribution < 1.29 is 9.13 Å². The number of halogens is 1. The van der Waals surface area contributed by atoms with Crippen molar-refractivity contribution in [3.05, 3.63) is 77.1 Å². The second-order valence-electron chi connectivity index (χ2n) is 9.74. The van der Waals surface area contributed by atoms with Crippen LogP contribution in [0.1, 0.15) is 30.5 Å². The van der Waals surface area contributed by atoms with Gasteiger partial charge < -0.3 is 14.5 Å². The first kappa shape index (κ1) is 20.9. The molecule has 166 valence electrons. The molecule has 0 N–H and O–H groups in total. The van der Waals surface area contributed by atoms with Gasteiger partial charge in [0.15, 0.2) is 0 Å². The molecule has 32 heavy (non-hydrogen) atoms. The highest BCUT2D eigenvalue weighted by molar-refractivity contribution is 5.85. The summed E-state index contributed by atoms with van der Waals surface area (Å²) in [5.74, 6) is 0.869. The van der Waals surface area contributed by atoms with Gasteiger partial charge in [-0.25, -0.2) is 4.39 Å². The van der Waals surface area contributed by atoms with Gasteiger partial charge in [0.05, 0.1) is 0 Å². The van der Waals surface area contributed by atoms with Crippen molar-refractivity contribution in [3.8, 4) is 16.9 Å². The van der Waals surface area contributed by atoms with Crippen molar-refractivity contribution in [2.75, 3.05) is 36.0 Å². The lowest BCUT2D eigenvalue weighted by Gasteiger charge is -2.38. The summed E-state index contributed by atoms with van der Waals surface area (Å²) in [5.41, 5.74) is 8.52. The van der Waals surface area contributed by atoms with Crippen LogP contribution in [0.3, 0.4) is 0 Å². The van der Waals surface area contributed by atoms with E-state index < -0.39 is 0 Å². The Balaban J connectivity index is 1.50. The van der Waals surface area contributed by atoms with Crippen molar-refractivity contribution in [2.45, 2.75) is 39.7 Å². The second-order valence-corrected chi connectivity index (χ2v) is 9.74. The minimum absolute atomic E-state index is 0.169. The van der Waals surface area contributed by atoms with E-state index >= 15 is 0 Å². The Kier molecular flexibility index (Phi) is 5.11. The molecule has 0 unspecified atom stereocenters. The topological polar surface area (TPSA) is 15.7 Å². The van der Waals surface area contributed by atoms with Crippen LogP contribution in [0.2, 0.25) is 0 Å². The standard InChI is InChI=1S/C28H31FN2O/c1-19-5-7-21(8-6-19)26-20(2)27-22(18-28(3,4)32-27)17-25(26)31-15-13-30(14-16-31)24-11-9-23(29)10-12-24/h5-12,17H,13-16,18H2,1-4H3. The average molecular weight is 431 g/mol. The van der Waals surface area contributed by atoms with Gasteiger partial charge >= 0.3 is 0 Å². The highest BCUT2D eigenvalue weighted by atomic mass is 19.1. The van der Waals surface area contributed by atoms with Gasteiger partial charge in [-0.3, -0.25) is 0 Å². The molecule has 2 aliphatic heterocycles. The molecule has 3 nitrogen and oxygen atoms in total. The first-order valence-electron chi connectivity index (χ1n) is 11.5. The lowest BCUT2D eigenvalue weighted by Crippen LogP contribution is -2.46. The zero-order valence-electron chi connectivity index (χ0n) is 19.4. The molecular formula is C28H31FN2O. The summed E-state index contributed by atoms with van der Waals surface area (Å²) in [6.45, 7) is 12.3. The van der Waals surface area contributed by atoms with Gasteiger partial charge in [0.25, 0.3) is 0 Å². The van der Waals surface area contributed by atoms with Crippen LogP contribution in [0.5, 0.6) is 5.75 Å². The lowest BCUT2D eigenvalue weighted by atomic mass is 9.92. The summed E-state index contributed by atoms with van der Waals surface area (Å²) in [7, 11) is 0. The van der Waals surface area contributed by atoms with Crippen LogP contribution in [0, 0.1) is 19.7 Å². The van der Waals surface area contributed by atoms with E-state index in [0.29, 0.717) is 0 Å². The van der Waals surface area contributed by atoms with E-state index in [2.05, 4.69) is 67.8 Å². The van der Waals surface area contributed by atoms with Crippen molar-refractivity contribution in [1.29, 1.82) is 0 Å². The number of nitrogens with zero attached hydrogens (tertiary/aromatic N) is 2. The molecule has 4 heteroatoms. The van der Waals surface area contributed by atoms with E-state index in [1.54, 1.807) is 12.1 Å². The first-order chi connectivity index (χ1) is 15.3. The average Bonchev–Trinajstić information content (AvgIpc) is 3.10. The van der Waals surface area contributed by atoms with E-state index in [1.807, 2.05) is 12.1 Å². The molecule has 0 amide bonds. The van der Waals surface area contributed by atoms with Crippen molar-refractivity contribution in [2.24, 2.45) is 0 Å². The van der Waals surface area contributed by atoms with Crippen molar-refractivity contribution in [3.63, 3.8) is 0 Å². The second kappa shape index (κ2) is 7.84. The van der Waals surface area contributed by atoms with Gasteiger partial charge in [-0.05, 0) is 63.6 Å². The Bertz CT molecular complexity index is 1130. The predicted octanol–water partition coefficient (Wildman–Crippen LogP) is 6.15. The summed E-state index contributed by atoms with van der Waals surface area (Å²) < 4.78 is 19.7. The monoisotopic (exact) mass is 430 g/mol. The van der Waals surface area contributed by atoms with Gasteiger partial charge in [0.1, 0.15) is 17.2 Å². The fourth-order valence-corrected chi connectivity index (χ4v) is 5.09. The van der Waals surface area contributed by atoms with Crippen LogP contribution in [0.4, 0.5) is 15.8 Å². The molecule has 1 saturated heterocycles. The summed E-state index contributed by atoms with van der Waals surface area (Å²) in [5, 5.41) is 0. The van der Waals surface area contributed by atoms with E-state index in [0.717, 1.165) is 44.0 Å². The Hall–Kier alpha value is -3.01. The van der Waals surface area contributed by atoms with Crippen LogP contribution >= 0.6 is 0 Å². The zero-order chi connectivity index (χ0) is 22.5. The number of piperazine rings is 1. The van der Waals surface area contributed by atoms with Crippen LogP contribution in [-0.2, 0) is 6.42 Å². The molecule has 0 atom stereocenters. The van der Waals surface area contributed by atoms with Crippen LogP contribution in [0.15, 0.2) is 54.6 Å². The van der Waals surface area contributed by atoms with Crippen LogP contribution in [0.25, 0.3) is 11.1 Å². The van der Waals surface area contributed by atoms with Gasteiger partial charge in [0, 0.05) is 60.7 Å². The van der Waals surface area contributed by atoms with E-state index in [4.69, 9.17) is 4.74 Å². The van der Waals surface area contributed by atoms with E-state index in [-0.39, 0.29) is 11.4 Å². The number of anilines is 2. The smallest absolute Gasteiger partial charge is 0.127 e. The molecule has 0 aliphatic carbocycles. The molecule has 2 heterocycles. The zero-order valence-corrected chi connectivity index (χ0v) is 19.4. The fraction of sp³-hybridized carbons (Fsp3) is 0.357. The SMILES string of the molecule is Cc1ccc(-c2c(N3CCN(c4ccc(F)cc4)CC3)cc3c(c2C)OC(C)(C)C3)cc1. The number of aryl methyl sites for hydroxylation is 1.